The molecule has 0 bridgehead atoms. The number of H-pyrrole nitrogens is 1. The second kappa shape index (κ2) is 5.05. The summed E-state index contributed by atoms with van der Waals surface area (Å²) in [5.41, 5.74) is 0.995. The van der Waals surface area contributed by atoms with Gasteiger partial charge in [-0.2, -0.15) is 0 Å². The first-order valence-corrected chi connectivity index (χ1v) is 5.82. The number of hydrogen-bond donors (Lipinski definition) is 2. The number of anilines is 1. The maximum absolute atomic E-state index is 12.0. The van der Waals surface area contributed by atoms with Gasteiger partial charge in [0.2, 0.25) is 0 Å². The average Bonchev–Trinajstić information content (AvgIpc) is 2.43. The minimum Gasteiger partial charge on any atom is -0.372 e. The molecule has 0 saturated carbocycles. The second-order valence-electron chi connectivity index (χ2n) is 4.23. The Balaban J connectivity index is 2.38. The summed E-state index contributed by atoms with van der Waals surface area (Å²) in [6.07, 6.45) is 3.13. The van der Waals surface area contributed by atoms with Crippen LogP contribution in [0.4, 0.5) is 5.82 Å². The van der Waals surface area contributed by atoms with Crippen molar-refractivity contribution in [1.82, 2.24) is 19.7 Å². The van der Waals surface area contributed by atoms with E-state index in [0.717, 1.165) is 0 Å². The first kappa shape index (κ1) is 13.0. The molecule has 0 spiro atoms. The maximum atomic E-state index is 12.0. The lowest BCUT2D eigenvalue weighted by Crippen LogP contribution is -2.33. The minimum absolute atomic E-state index is 0.187. The Bertz CT molecular complexity index is 700. The molecule has 2 heterocycles. The van der Waals surface area contributed by atoms with E-state index in [9.17, 15) is 9.59 Å². The highest BCUT2D eigenvalue weighted by atomic mass is 16.2. The predicted octanol–water partition coefficient (Wildman–Crippen LogP) is 0.0334. The van der Waals surface area contributed by atoms with E-state index in [1.807, 2.05) is 0 Å². The van der Waals surface area contributed by atoms with Gasteiger partial charge in [0.25, 0.3) is 11.1 Å². The number of hydrogen-bond acceptors (Lipinski definition) is 5. The Morgan fingerprint density at radius 1 is 1.21 bits per heavy atom. The number of nitrogens with zero attached hydrogens (tertiary/aromatic N) is 3. The van der Waals surface area contributed by atoms with Gasteiger partial charge < -0.3 is 5.32 Å². The Morgan fingerprint density at radius 2 is 1.95 bits per heavy atom. The number of aromatic nitrogens is 4. The molecule has 2 N–H and O–H groups in total. The van der Waals surface area contributed by atoms with E-state index in [1.54, 1.807) is 33.3 Å². The summed E-state index contributed by atoms with van der Waals surface area (Å²) >= 11 is 0. The highest BCUT2D eigenvalue weighted by molar-refractivity contribution is 5.29. The number of nitrogens with one attached hydrogen (secondary N) is 2. The predicted molar refractivity (Wildman–Crippen MR) is 71.5 cm³/mol. The van der Waals surface area contributed by atoms with Crippen molar-refractivity contribution in [2.24, 2.45) is 0 Å². The van der Waals surface area contributed by atoms with Crippen LogP contribution in [-0.4, -0.2) is 26.8 Å². The van der Waals surface area contributed by atoms with Crippen LogP contribution in [0.15, 0.2) is 22.0 Å². The molecular formula is C12H15N5O2. The Hall–Kier alpha value is -2.44. The molecule has 0 radical (unpaired) electrons. The van der Waals surface area contributed by atoms with E-state index < -0.39 is 0 Å². The molecule has 0 unspecified atom stereocenters. The van der Waals surface area contributed by atoms with Gasteiger partial charge in [-0.1, -0.05) is 0 Å². The van der Waals surface area contributed by atoms with Gasteiger partial charge in [0, 0.05) is 18.2 Å². The lowest BCUT2D eigenvalue weighted by Gasteiger charge is -2.07. The van der Waals surface area contributed by atoms with Crippen LogP contribution in [-0.2, 0) is 6.54 Å². The summed E-state index contributed by atoms with van der Waals surface area (Å²) in [6.45, 7) is 3.45. The van der Waals surface area contributed by atoms with Crippen molar-refractivity contribution >= 4 is 5.82 Å². The molecule has 0 aliphatic heterocycles. The number of rotatable bonds is 3. The van der Waals surface area contributed by atoms with E-state index in [2.05, 4.69) is 20.4 Å². The quantitative estimate of drug-likeness (QED) is 0.813. The van der Waals surface area contributed by atoms with Crippen molar-refractivity contribution in [2.75, 3.05) is 12.4 Å². The van der Waals surface area contributed by atoms with E-state index in [4.69, 9.17) is 0 Å². The highest BCUT2D eigenvalue weighted by Crippen LogP contribution is 2.00. The molecule has 0 atom stereocenters. The molecule has 7 heteroatoms. The monoisotopic (exact) mass is 261 g/mol. The zero-order chi connectivity index (χ0) is 14.0. The van der Waals surface area contributed by atoms with Crippen LogP contribution in [0.2, 0.25) is 0 Å². The fourth-order valence-corrected chi connectivity index (χ4v) is 1.63. The Kier molecular flexibility index (Phi) is 3.46. The van der Waals surface area contributed by atoms with E-state index in [0.29, 0.717) is 22.6 Å². The fourth-order valence-electron chi connectivity index (χ4n) is 1.63. The van der Waals surface area contributed by atoms with Crippen LogP contribution in [0, 0.1) is 13.8 Å². The van der Waals surface area contributed by atoms with Crippen LogP contribution >= 0.6 is 0 Å². The summed E-state index contributed by atoms with van der Waals surface area (Å²) in [4.78, 5) is 31.9. The maximum Gasteiger partial charge on any atom is 0.268 e. The molecule has 0 saturated heterocycles. The van der Waals surface area contributed by atoms with Crippen LogP contribution in [0.3, 0.4) is 0 Å². The molecule has 2 rings (SSSR count). The van der Waals surface area contributed by atoms with Crippen LogP contribution in [0.5, 0.6) is 0 Å². The first-order chi connectivity index (χ1) is 9.02. The third-order valence-electron chi connectivity index (χ3n) is 2.99. The van der Waals surface area contributed by atoms with Crippen LogP contribution in [0.25, 0.3) is 0 Å². The van der Waals surface area contributed by atoms with Crippen LogP contribution in [0.1, 0.15) is 16.8 Å². The van der Waals surface area contributed by atoms with Gasteiger partial charge in [-0.05, 0) is 13.8 Å². The van der Waals surface area contributed by atoms with Crippen molar-refractivity contribution < 1.29 is 0 Å². The van der Waals surface area contributed by atoms with Gasteiger partial charge >= 0.3 is 0 Å². The van der Waals surface area contributed by atoms with Gasteiger partial charge in [0.15, 0.2) is 0 Å². The Morgan fingerprint density at radius 3 is 2.53 bits per heavy atom. The van der Waals surface area contributed by atoms with E-state index >= 15 is 0 Å². The molecule has 2 aromatic rings. The summed E-state index contributed by atoms with van der Waals surface area (Å²) < 4.78 is 1.24. The molecule has 0 aromatic carbocycles. The minimum atomic E-state index is -0.267. The smallest absolute Gasteiger partial charge is 0.268 e. The van der Waals surface area contributed by atoms with Gasteiger partial charge in [-0.25, -0.2) is 9.67 Å². The van der Waals surface area contributed by atoms with Crippen LogP contribution < -0.4 is 16.4 Å². The Labute approximate surface area is 109 Å². The third-order valence-corrected chi connectivity index (χ3v) is 2.99. The van der Waals surface area contributed by atoms with Crippen molar-refractivity contribution in [3.63, 3.8) is 0 Å². The van der Waals surface area contributed by atoms with Gasteiger partial charge in [0.1, 0.15) is 5.82 Å². The molecule has 0 fully saturated rings. The molecule has 7 nitrogen and oxygen atoms in total. The topological polar surface area (TPSA) is 92.7 Å². The lowest BCUT2D eigenvalue weighted by molar-refractivity contribution is 0.607. The molecule has 19 heavy (non-hydrogen) atoms. The summed E-state index contributed by atoms with van der Waals surface area (Å²) in [6, 6.07) is 0. The zero-order valence-electron chi connectivity index (χ0n) is 11.0. The summed E-state index contributed by atoms with van der Waals surface area (Å²) in [5, 5.41) is 5.38. The molecule has 100 valence electrons. The molecule has 0 aliphatic rings. The van der Waals surface area contributed by atoms with Gasteiger partial charge in [-0.15, -0.1) is 0 Å². The molecule has 0 amide bonds. The largest absolute Gasteiger partial charge is 0.372 e. The van der Waals surface area contributed by atoms with E-state index in [-0.39, 0.29) is 17.7 Å². The highest BCUT2D eigenvalue weighted by Gasteiger charge is 2.08. The lowest BCUT2D eigenvalue weighted by atomic mass is 10.2. The fraction of sp³-hybridized carbons (Fsp3) is 0.333. The van der Waals surface area contributed by atoms with Crippen molar-refractivity contribution in [1.29, 1.82) is 0 Å². The normalized spacial score (nSPS) is 10.5. The van der Waals surface area contributed by atoms with Crippen molar-refractivity contribution in [3.05, 3.63) is 49.9 Å². The SMILES string of the molecule is CNc1cnc(Cn2[nH]c(=O)c(C)c(C)c2=O)cn1. The second-order valence-corrected chi connectivity index (χ2v) is 4.23. The summed E-state index contributed by atoms with van der Waals surface area (Å²) in [7, 11) is 1.75. The first-order valence-electron chi connectivity index (χ1n) is 5.82. The number of aromatic amines is 1. The van der Waals surface area contributed by atoms with E-state index in [1.165, 1.54) is 4.68 Å². The van der Waals surface area contributed by atoms with Gasteiger partial charge in [-0.3, -0.25) is 19.7 Å². The van der Waals surface area contributed by atoms with Crippen molar-refractivity contribution in [2.45, 2.75) is 20.4 Å². The zero-order valence-corrected chi connectivity index (χ0v) is 11.0. The van der Waals surface area contributed by atoms with Crippen molar-refractivity contribution in [3.8, 4) is 0 Å². The molecule has 2 aromatic heterocycles. The van der Waals surface area contributed by atoms with Gasteiger partial charge in [0.05, 0.1) is 24.6 Å². The molecular weight excluding hydrogens is 246 g/mol. The third kappa shape index (κ3) is 2.54. The molecule has 0 aliphatic carbocycles. The summed E-state index contributed by atoms with van der Waals surface area (Å²) in [5.74, 6) is 0.643. The average molecular weight is 261 g/mol. The standard InChI is InChI=1S/C12H15N5O2/c1-7-8(2)12(19)17(16-11(7)18)6-9-4-15-10(13-3)5-14-9/h4-5H,6H2,1-3H3,(H,13,15)(H,16,18).